The van der Waals surface area contributed by atoms with Gasteiger partial charge in [0.2, 0.25) is 0 Å². The Morgan fingerprint density at radius 1 is 1.53 bits per heavy atom. The zero-order valence-corrected chi connectivity index (χ0v) is 11.6. The molecule has 1 fully saturated rings. The monoisotopic (exact) mass is 250 g/mol. The molecule has 0 amide bonds. The molecule has 17 heavy (non-hydrogen) atoms. The van der Waals surface area contributed by atoms with Crippen molar-refractivity contribution in [3.63, 3.8) is 0 Å². The molecular weight excluding hydrogens is 228 g/mol. The van der Waals surface area contributed by atoms with Crippen LogP contribution in [0.3, 0.4) is 0 Å². The average molecular weight is 250 g/mol. The van der Waals surface area contributed by atoms with E-state index in [4.69, 9.17) is 0 Å². The van der Waals surface area contributed by atoms with Crippen LogP contribution in [-0.2, 0) is 12.8 Å². The van der Waals surface area contributed by atoms with E-state index in [9.17, 15) is 0 Å². The van der Waals surface area contributed by atoms with Crippen LogP contribution in [0.2, 0.25) is 0 Å². The average Bonchev–Trinajstić information content (AvgIpc) is 2.90. The number of aromatic nitrogens is 1. The zero-order chi connectivity index (χ0) is 12.1. The van der Waals surface area contributed by atoms with E-state index < -0.39 is 0 Å². The summed E-state index contributed by atoms with van der Waals surface area (Å²) in [6, 6.07) is 4.98. The van der Waals surface area contributed by atoms with Gasteiger partial charge in [0.05, 0.1) is 0 Å². The van der Waals surface area contributed by atoms with Crippen molar-refractivity contribution in [3.05, 3.63) is 29.6 Å². The number of hydrogen-bond donors (Lipinski definition) is 1. The van der Waals surface area contributed by atoms with Crippen LogP contribution in [0.5, 0.6) is 0 Å². The van der Waals surface area contributed by atoms with Crippen LogP contribution < -0.4 is 5.32 Å². The van der Waals surface area contributed by atoms with Crippen LogP contribution in [0.15, 0.2) is 18.3 Å². The van der Waals surface area contributed by atoms with E-state index in [1.165, 1.54) is 29.2 Å². The minimum atomic E-state index is 0.588. The van der Waals surface area contributed by atoms with E-state index in [1.54, 1.807) is 0 Å². The van der Waals surface area contributed by atoms with Gasteiger partial charge >= 0.3 is 0 Å². The quantitative estimate of drug-likeness (QED) is 0.869. The van der Waals surface area contributed by atoms with E-state index in [2.05, 4.69) is 48.2 Å². The maximum atomic E-state index is 4.56. The third kappa shape index (κ3) is 3.46. The molecular formula is C14H22N2S. The van der Waals surface area contributed by atoms with Crippen LogP contribution in [0, 0.1) is 5.92 Å². The lowest BCUT2D eigenvalue weighted by molar-refractivity contribution is 0.401. The second-order valence-electron chi connectivity index (χ2n) is 4.73. The molecule has 2 rings (SSSR count). The summed E-state index contributed by atoms with van der Waals surface area (Å²) in [6.07, 6.45) is 5.50. The summed E-state index contributed by atoms with van der Waals surface area (Å²) in [4.78, 5) is 4.56. The first-order valence-electron chi connectivity index (χ1n) is 6.52. The fourth-order valence-corrected chi connectivity index (χ4v) is 3.72. The molecule has 1 aliphatic rings. The molecule has 0 bridgehead atoms. The lowest BCUT2D eigenvalue weighted by atomic mass is 9.95. The second kappa shape index (κ2) is 6.41. The van der Waals surface area contributed by atoms with Crippen molar-refractivity contribution < 1.29 is 0 Å². The largest absolute Gasteiger partial charge is 0.316 e. The Labute approximate surface area is 109 Å². The Morgan fingerprint density at radius 2 is 2.41 bits per heavy atom. The van der Waals surface area contributed by atoms with Crippen molar-refractivity contribution in [1.82, 2.24) is 10.3 Å². The smallest absolute Gasteiger partial charge is 0.0419 e. The summed E-state index contributed by atoms with van der Waals surface area (Å²) in [5.74, 6) is 3.45. The van der Waals surface area contributed by atoms with Crippen LogP contribution in [-0.4, -0.2) is 29.6 Å². The highest BCUT2D eigenvalue weighted by atomic mass is 32.2. The number of rotatable bonds is 5. The van der Waals surface area contributed by atoms with Gasteiger partial charge in [0, 0.05) is 24.4 Å². The predicted octanol–water partition coefficient (Wildman–Crippen LogP) is 2.53. The van der Waals surface area contributed by atoms with Crippen molar-refractivity contribution in [3.8, 4) is 0 Å². The Hall–Kier alpha value is -0.540. The summed E-state index contributed by atoms with van der Waals surface area (Å²) in [5.41, 5.74) is 2.55. The molecule has 0 aromatic carbocycles. The van der Waals surface area contributed by atoms with Gasteiger partial charge in [-0.1, -0.05) is 13.0 Å². The fourth-order valence-electron chi connectivity index (χ4n) is 2.38. The van der Waals surface area contributed by atoms with Gasteiger partial charge in [-0.15, -0.1) is 0 Å². The SMILES string of the molecule is CCc1ccc(CC(NC)C2CCSC2)nc1. The molecule has 2 unspecified atom stereocenters. The summed E-state index contributed by atoms with van der Waals surface area (Å²) in [5, 5.41) is 3.47. The summed E-state index contributed by atoms with van der Waals surface area (Å²) < 4.78 is 0. The number of thioether (sulfide) groups is 1. The first-order chi connectivity index (χ1) is 8.33. The third-order valence-electron chi connectivity index (χ3n) is 3.63. The Morgan fingerprint density at radius 3 is 2.94 bits per heavy atom. The van der Waals surface area contributed by atoms with Crippen LogP contribution in [0.1, 0.15) is 24.6 Å². The minimum absolute atomic E-state index is 0.588. The molecule has 0 aliphatic carbocycles. The number of nitrogens with zero attached hydrogens (tertiary/aromatic N) is 1. The molecule has 1 aromatic heterocycles. The molecule has 94 valence electrons. The fraction of sp³-hybridized carbons (Fsp3) is 0.643. The molecule has 2 atom stereocenters. The molecule has 2 nitrogen and oxygen atoms in total. The van der Waals surface area contributed by atoms with Crippen molar-refractivity contribution in [2.45, 2.75) is 32.2 Å². The third-order valence-corrected chi connectivity index (χ3v) is 4.82. The first kappa shape index (κ1) is 12.9. The minimum Gasteiger partial charge on any atom is -0.316 e. The second-order valence-corrected chi connectivity index (χ2v) is 5.88. The number of hydrogen-bond acceptors (Lipinski definition) is 3. The standard InChI is InChI=1S/C14H22N2S/c1-3-11-4-5-13(16-9-11)8-14(15-2)12-6-7-17-10-12/h4-5,9,12,14-15H,3,6-8,10H2,1-2H3. The van der Waals surface area contributed by atoms with Gasteiger partial charge in [0.15, 0.2) is 0 Å². The van der Waals surface area contributed by atoms with Gasteiger partial charge in [-0.3, -0.25) is 4.98 Å². The summed E-state index contributed by atoms with van der Waals surface area (Å²) >= 11 is 2.08. The van der Waals surface area contributed by atoms with E-state index in [-0.39, 0.29) is 0 Å². The summed E-state index contributed by atoms with van der Waals surface area (Å²) in [7, 11) is 2.08. The molecule has 0 saturated carbocycles. The highest BCUT2D eigenvalue weighted by Crippen LogP contribution is 2.27. The van der Waals surface area contributed by atoms with E-state index in [1.807, 2.05) is 6.20 Å². The number of aryl methyl sites for hydroxylation is 1. The van der Waals surface area contributed by atoms with Crippen molar-refractivity contribution in [2.75, 3.05) is 18.6 Å². The number of likely N-dealkylation sites (N-methyl/N-ethyl adjacent to an activating group) is 1. The van der Waals surface area contributed by atoms with Crippen LogP contribution in [0.25, 0.3) is 0 Å². The molecule has 0 radical (unpaired) electrons. The Kier molecular flexibility index (Phi) is 4.86. The number of nitrogens with one attached hydrogen (secondary N) is 1. The number of pyridine rings is 1. The Bertz CT molecular complexity index is 331. The van der Waals surface area contributed by atoms with Gasteiger partial charge in [0.1, 0.15) is 0 Å². The van der Waals surface area contributed by atoms with Gasteiger partial charge in [-0.05, 0) is 48.9 Å². The Balaban J connectivity index is 1.96. The van der Waals surface area contributed by atoms with Gasteiger partial charge in [0.25, 0.3) is 0 Å². The van der Waals surface area contributed by atoms with E-state index in [0.717, 1.165) is 18.8 Å². The van der Waals surface area contributed by atoms with Crippen LogP contribution >= 0.6 is 11.8 Å². The van der Waals surface area contributed by atoms with Crippen molar-refractivity contribution in [2.24, 2.45) is 5.92 Å². The highest BCUT2D eigenvalue weighted by Gasteiger charge is 2.24. The first-order valence-corrected chi connectivity index (χ1v) is 7.67. The van der Waals surface area contributed by atoms with Gasteiger partial charge in [-0.2, -0.15) is 11.8 Å². The summed E-state index contributed by atoms with van der Waals surface area (Å²) in [6.45, 7) is 2.17. The zero-order valence-electron chi connectivity index (χ0n) is 10.8. The van der Waals surface area contributed by atoms with E-state index in [0.29, 0.717) is 6.04 Å². The maximum absolute atomic E-state index is 4.56. The van der Waals surface area contributed by atoms with Gasteiger partial charge in [-0.25, -0.2) is 0 Å². The van der Waals surface area contributed by atoms with Gasteiger partial charge < -0.3 is 5.32 Å². The normalized spacial score (nSPS) is 21.6. The maximum Gasteiger partial charge on any atom is 0.0419 e. The molecule has 0 spiro atoms. The van der Waals surface area contributed by atoms with Crippen molar-refractivity contribution >= 4 is 11.8 Å². The predicted molar refractivity (Wildman–Crippen MR) is 75.6 cm³/mol. The molecule has 1 N–H and O–H groups in total. The van der Waals surface area contributed by atoms with Crippen LogP contribution in [0.4, 0.5) is 0 Å². The topological polar surface area (TPSA) is 24.9 Å². The molecule has 1 aromatic rings. The molecule has 1 saturated heterocycles. The molecule has 3 heteroatoms. The lowest BCUT2D eigenvalue weighted by Crippen LogP contribution is -2.35. The molecule has 2 heterocycles. The lowest BCUT2D eigenvalue weighted by Gasteiger charge is -2.22. The molecule has 1 aliphatic heterocycles. The highest BCUT2D eigenvalue weighted by molar-refractivity contribution is 7.99. The van der Waals surface area contributed by atoms with Crippen molar-refractivity contribution in [1.29, 1.82) is 0 Å². The van der Waals surface area contributed by atoms with E-state index >= 15 is 0 Å².